The van der Waals surface area contributed by atoms with Crippen molar-refractivity contribution in [3.8, 4) is 0 Å². The predicted molar refractivity (Wildman–Crippen MR) is 127 cm³/mol. The Morgan fingerprint density at radius 3 is 1.75 bits per heavy atom. The van der Waals surface area contributed by atoms with Crippen LogP contribution in [0.5, 0.6) is 0 Å². The largest absolute Gasteiger partial charge is 0.465 e. The molecule has 36 heavy (non-hydrogen) atoms. The lowest BCUT2D eigenvalue weighted by molar-refractivity contribution is -0.143. The highest BCUT2D eigenvalue weighted by atomic mass is 19.4. The molecule has 0 saturated carbocycles. The monoisotopic (exact) mass is 518 g/mol. The van der Waals surface area contributed by atoms with E-state index in [1.165, 1.54) is 0 Å². The SMILES string of the molecule is CCCN(CCC)c1cc(C)c(C)cc1C(C)N(Cc1cc(C(F)(F)F)cc(C(F)(F)F)c1)C(=O)O. The molecule has 10 heteroatoms. The van der Waals surface area contributed by atoms with Gasteiger partial charge in [-0.15, -0.1) is 0 Å². The van der Waals surface area contributed by atoms with Gasteiger partial charge in [0.1, 0.15) is 0 Å². The number of anilines is 1. The van der Waals surface area contributed by atoms with E-state index in [9.17, 15) is 36.2 Å². The first-order valence-corrected chi connectivity index (χ1v) is 11.7. The molecule has 0 saturated heterocycles. The number of rotatable bonds is 9. The molecule has 0 spiro atoms. The number of nitrogens with zero attached hydrogens (tertiary/aromatic N) is 2. The molecule has 0 heterocycles. The molecule has 0 aliphatic carbocycles. The van der Waals surface area contributed by atoms with E-state index in [2.05, 4.69) is 4.90 Å². The van der Waals surface area contributed by atoms with Crippen molar-refractivity contribution in [2.24, 2.45) is 0 Å². The van der Waals surface area contributed by atoms with Crippen LogP contribution in [0.15, 0.2) is 30.3 Å². The molecule has 1 amide bonds. The van der Waals surface area contributed by atoms with E-state index >= 15 is 0 Å². The summed E-state index contributed by atoms with van der Waals surface area (Å²) in [4.78, 5) is 15.2. The van der Waals surface area contributed by atoms with E-state index in [1.807, 2.05) is 39.8 Å². The summed E-state index contributed by atoms with van der Waals surface area (Å²) in [7, 11) is 0. The summed E-state index contributed by atoms with van der Waals surface area (Å²) < 4.78 is 79.9. The quantitative estimate of drug-likeness (QED) is 0.340. The van der Waals surface area contributed by atoms with Crippen LogP contribution in [0.1, 0.15) is 73.0 Å². The fourth-order valence-electron chi connectivity index (χ4n) is 4.17. The molecule has 0 bridgehead atoms. The van der Waals surface area contributed by atoms with Gasteiger partial charge in [0.15, 0.2) is 0 Å². The molecule has 0 fully saturated rings. The molecular formula is C26H32F6N2O2. The third kappa shape index (κ3) is 7.07. The van der Waals surface area contributed by atoms with E-state index in [0.717, 1.165) is 34.6 Å². The van der Waals surface area contributed by atoms with Gasteiger partial charge in [-0.3, -0.25) is 4.90 Å². The Hall–Kier alpha value is -2.91. The summed E-state index contributed by atoms with van der Waals surface area (Å²) in [5.74, 6) is 0. The molecule has 1 atom stereocenters. The number of carbonyl (C=O) groups is 1. The zero-order valence-corrected chi connectivity index (χ0v) is 21.0. The van der Waals surface area contributed by atoms with Crippen LogP contribution in [-0.2, 0) is 18.9 Å². The Morgan fingerprint density at radius 2 is 1.33 bits per heavy atom. The summed E-state index contributed by atoms with van der Waals surface area (Å²) in [6.07, 6.45) is -9.80. The van der Waals surface area contributed by atoms with Crippen LogP contribution in [0.2, 0.25) is 0 Å². The zero-order valence-electron chi connectivity index (χ0n) is 21.0. The molecule has 0 radical (unpaired) electrons. The number of aryl methyl sites for hydroxylation is 2. The molecule has 2 aromatic rings. The Balaban J connectivity index is 2.60. The van der Waals surface area contributed by atoms with E-state index in [1.54, 1.807) is 6.92 Å². The van der Waals surface area contributed by atoms with Gasteiger partial charge in [0.05, 0.1) is 17.2 Å². The minimum Gasteiger partial charge on any atom is -0.465 e. The van der Waals surface area contributed by atoms with Crippen molar-refractivity contribution in [2.45, 2.75) is 72.4 Å². The Bertz CT molecular complexity index is 1030. The molecule has 1 N–H and O–H groups in total. The standard InChI is InChI=1S/C26H32F6N2O2/c1-6-8-33(9-7-2)23-11-17(4)16(3)10-22(23)18(5)34(24(35)36)15-19-12-20(25(27,28)29)14-21(13-19)26(30,31)32/h10-14,18H,6-9,15H2,1-5H3,(H,35,36). The lowest BCUT2D eigenvalue weighted by Gasteiger charge is -2.33. The highest BCUT2D eigenvalue weighted by molar-refractivity contribution is 5.68. The molecule has 0 aliphatic rings. The van der Waals surface area contributed by atoms with E-state index < -0.39 is 47.7 Å². The first-order valence-electron chi connectivity index (χ1n) is 11.7. The van der Waals surface area contributed by atoms with Crippen molar-refractivity contribution < 1.29 is 36.2 Å². The van der Waals surface area contributed by atoms with Gasteiger partial charge in [-0.2, -0.15) is 26.3 Å². The van der Waals surface area contributed by atoms with Crippen molar-refractivity contribution in [3.05, 3.63) is 63.7 Å². The number of hydrogen-bond acceptors (Lipinski definition) is 2. The van der Waals surface area contributed by atoms with Crippen LogP contribution >= 0.6 is 0 Å². The molecule has 2 aromatic carbocycles. The average molecular weight is 519 g/mol. The number of alkyl halides is 6. The van der Waals surface area contributed by atoms with Crippen molar-refractivity contribution in [2.75, 3.05) is 18.0 Å². The maximum atomic E-state index is 13.3. The highest BCUT2D eigenvalue weighted by Crippen LogP contribution is 2.38. The number of carboxylic acid groups (broad SMARTS) is 1. The lowest BCUT2D eigenvalue weighted by atomic mass is 9.96. The van der Waals surface area contributed by atoms with Crippen LogP contribution in [0.25, 0.3) is 0 Å². The van der Waals surface area contributed by atoms with Crippen LogP contribution < -0.4 is 4.90 Å². The summed E-state index contributed by atoms with van der Waals surface area (Å²) in [5.41, 5.74) is -0.00436. The van der Waals surface area contributed by atoms with Gasteiger partial charge in [-0.25, -0.2) is 4.79 Å². The van der Waals surface area contributed by atoms with E-state index in [0.29, 0.717) is 30.8 Å². The van der Waals surface area contributed by atoms with Crippen molar-refractivity contribution in [1.82, 2.24) is 4.90 Å². The fraction of sp³-hybridized carbons (Fsp3) is 0.500. The first kappa shape index (κ1) is 29.3. The van der Waals surface area contributed by atoms with Gasteiger partial charge in [0.25, 0.3) is 0 Å². The maximum Gasteiger partial charge on any atom is 0.416 e. The fourth-order valence-corrected chi connectivity index (χ4v) is 4.17. The lowest BCUT2D eigenvalue weighted by Crippen LogP contribution is -2.34. The Morgan fingerprint density at radius 1 is 0.861 bits per heavy atom. The topological polar surface area (TPSA) is 43.8 Å². The molecule has 0 aromatic heterocycles. The van der Waals surface area contributed by atoms with Gasteiger partial charge >= 0.3 is 18.4 Å². The molecule has 2 rings (SSSR count). The van der Waals surface area contributed by atoms with E-state index in [4.69, 9.17) is 0 Å². The van der Waals surface area contributed by atoms with Crippen molar-refractivity contribution in [3.63, 3.8) is 0 Å². The Kier molecular flexibility index (Phi) is 9.31. The van der Waals surface area contributed by atoms with Crippen LogP contribution in [0.4, 0.5) is 36.8 Å². The smallest absolute Gasteiger partial charge is 0.416 e. The predicted octanol–water partition coefficient (Wildman–Crippen LogP) is 8.21. The van der Waals surface area contributed by atoms with Gasteiger partial charge < -0.3 is 10.0 Å². The van der Waals surface area contributed by atoms with Gasteiger partial charge in [-0.1, -0.05) is 19.9 Å². The minimum atomic E-state index is -5.02. The van der Waals surface area contributed by atoms with Gasteiger partial charge in [0.2, 0.25) is 0 Å². The molecular weight excluding hydrogens is 486 g/mol. The van der Waals surface area contributed by atoms with Gasteiger partial charge in [-0.05, 0) is 80.1 Å². The maximum absolute atomic E-state index is 13.3. The third-order valence-corrected chi connectivity index (χ3v) is 6.13. The van der Waals surface area contributed by atoms with Gasteiger partial charge in [0, 0.05) is 25.3 Å². The van der Waals surface area contributed by atoms with Crippen molar-refractivity contribution >= 4 is 11.8 Å². The number of benzene rings is 2. The minimum absolute atomic E-state index is 0.0346. The van der Waals surface area contributed by atoms with Crippen LogP contribution in [-0.4, -0.2) is 29.2 Å². The normalized spacial score (nSPS) is 13.0. The number of halogens is 6. The zero-order chi connectivity index (χ0) is 27.4. The number of amides is 1. The van der Waals surface area contributed by atoms with E-state index in [-0.39, 0.29) is 6.07 Å². The second-order valence-electron chi connectivity index (χ2n) is 8.98. The third-order valence-electron chi connectivity index (χ3n) is 6.13. The Labute approximate surface area is 207 Å². The summed E-state index contributed by atoms with van der Waals surface area (Å²) in [6.45, 7) is 10.2. The first-order chi connectivity index (χ1) is 16.6. The van der Waals surface area contributed by atoms with Crippen LogP contribution in [0.3, 0.4) is 0 Å². The molecule has 200 valence electrons. The van der Waals surface area contributed by atoms with Crippen LogP contribution in [0, 0.1) is 13.8 Å². The number of hydrogen-bond donors (Lipinski definition) is 1. The molecule has 4 nitrogen and oxygen atoms in total. The summed E-state index contributed by atoms with van der Waals surface area (Å²) in [6, 6.07) is 4.14. The molecule has 0 aliphatic heterocycles. The summed E-state index contributed by atoms with van der Waals surface area (Å²) in [5, 5.41) is 9.95. The average Bonchev–Trinajstić information content (AvgIpc) is 2.77. The van der Waals surface area contributed by atoms with Crippen molar-refractivity contribution in [1.29, 1.82) is 0 Å². The highest BCUT2D eigenvalue weighted by Gasteiger charge is 2.37. The summed E-state index contributed by atoms with van der Waals surface area (Å²) >= 11 is 0. The second kappa shape index (κ2) is 11.4. The second-order valence-corrected chi connectivity index (χ2v) is 8.98. The molecule has 1 unspecified atom stereocenters.